The van der Waals surface area contributed by atoms with Crippen molar-refractivity contribution in [2.45, 2.75) is 55.3 Å². The molecule has 8 nitrogen and oxygen atoms in total. The summed E-state index contributed by atoms with van der Waals surface area (Å²) < 4.78 is 18.9. The molecule has 200 valence electrons. The lowest BCUT2D eigenvalue weighted by atomic mass is 10.1. The number of amides is 2. The van der Waals surface area contributed by atoms with Crippen molar-refractivity contribution in [1.29, 1.82) is 0 Å². The monoisotopic (exact) mass is 553 g/mol. The third-order valence-corrected chi connectivity index (χ3v) is 9.03. The van der Waals surface area contributed by atoms with E-state index < -0.39 is 15.5 Å². The number of aromatic nitrogens is 2. The molecule has 0 bridgehead atoms. The number of ether oxygens (including phenoxy) is 1. The van der Waals surface area contributed by atoms with Crippen LogP contribution in [0.2, 0.25) is 5.02 Å². The number of hydrogen-bond donors (Lipinski definition) is 2. The number of nitrogens with zero attached hydrogens (tertiary/aromatic N) is 3. The Hall–Kier alpha value is -3.01. The number of morpholine rings is 1. The van der Waals surface area contributed by atoms with Gasteiger partial charge in [0, 0.05) is 39.8 Å². The maximum atomic E-state index is 13.8. The minimum atomic E-state index is -1.29. The zero-order valence-electron chi connectivity index (χ0n) is 21.7. The molecule has 1 saturated heterocycles. The lowest BCUT2D eigenvalue weighted by Gasteiger charge is -2.34. The van der Waals surface area contributed by atoms with Gasteiger partial charge >= 0.3 is 6.03 Å². The Balaban J connectivity index is 1.50. The molecule has 2 N–H and O–H groups in total. The van der Waals surface area contributed by atoms with Gasteiger partial charge in [-0.1, -0.05) is 11.6 Å². The highest BCUT2D eigenvalue weighted by Gasteiger charge is 2.52. The zero-order valence-corrected chi connectivity index (χ0v) is 23.3. The first-order valence-electron chi connectivity index (χ1n) is 12.8. The topological polar surface area (TPSA) is 96.5 Å². The number of carbonyl (C=O) groups is 1. The van der Waals surface area contributed by atoms with Gasteiger partial charge < -0.3 is 20.3 Å². The summed E-state index contributed by atoms with van der Waals surface area (Å²) in [5, 5.41) is 6.27. The summed E-state index contributed by atoms with van der Waals surface area (Å²) in [4.78, 5) is 25.0. The van der Waals surface area contributed by atoms with Crippen LogP contribution in [0.3, 0.4) is 0 Å². The molecule has 10 heteroatoms. The molecule has 2 aliphatic rings. The lowest BCUT2D eigenvalue weighted by molar-refractivity contribution is 0.0985. The van der Waals surface area contributed by atoms with Crippen LogP contribution >= 0.6 is 11.6 Å². The summed E-state index contributed by atoms with van der Waals surface area (Å²) >= 11 is 6.07. The van der Waals surface area contributed by atoms with Gasteiger partial charge in [-0.25, -0.2) is 14.8 Å². The molecule has 1 aliphatic carbocycles. The Morgan fingerprint density at radius 1 is 1.13 bits per heavy atom. The van der Waals surface area contributed by atoms with Gasteiger partial charge in [-0.2, -0.15) is 0 Å². The van der Waals surface area contributed by atoms with Crippen LogP contribution in [0.4, 0.5) is 16.3 Å². The quantitative estimate of drug-likeness (QED) is 0.409. The van der Waals surface area contributed by atoms with Gasteiger partial charge in [0.1, 0.15) is 5.82 Å². The van der Waals surface area contributed by atoms with E-state index in [0.717, 1.165) is 41.4 Å². The maximum Gasteiger partial charge on any atom is 0.319 e. The normalized spacial score (nSPS) is 19.2. The van der Waals surface area contributed by atoms with Crippen LogP contribution in [-0.4, -0.2) is 52.1 Å². The summed E-state index contributed by atoms with van der Waals surface area (Å²) in [5.74, 6) is 1.37. The second-order valence-electron chi connectivity index (χ2n) is 10.1. The van der Waals surface area contributed by atoms with E-state index in [1.54, 1.807) is 12.1 Å². The molecule has 2 amide bonds. The molecular formula is C28H32ClN5O3S. The number of anilines is 2. The molecule has 1 saturated carbocycles. The number of urea groups is 1. The van der Waals surface area contributed by atoms with Gasteiger partial charge in [0.05, 0.1) is 40.5 Å². The van der Waals surface area contributed by atoms with Crippen LogP contribution in [0.25, 0.3) is 11.4 Å². The predicted molar refractivity (Wildman–Crippen MR) is 151 cm³/mol. The molecule has 0 radical (unpaired) electrons. The highest BCUT2D eigenvalue weighted by Crippen LogP contribution is 2.53. The molecular weight excluding hydrogens is 522 g/mol. The van der Waals surface area contributed by atoms with E-state index in [4.69, 9.17) is 26.3 Å². The van der Waals surface area contributed by atoms with E-state index in [1.807, 2.05) is 56.3 Å². The number of nitrogens with one attached hydrogen (secondary N) is 2. The molecule has 3 aromatic rings. The highest BCUT2D eigenvalue weighted by atomic mass is 35.5. The van der Waals surface area contributed by atoms with Crippen molar-refractivity contribution in [3.05, 3.63) is 65.3 Å². The summed E-state index contributed by atoms with van der Waals surface area (Å²) in [6.45, 7) is 7.90. The van der Waals surface area contributed by atoms with Crippen LogP contribution in [0, 0.1) is 0 Å². The fourth-order valence-corrected chi connectivity index (χ4v) is 6.31. The lowest BCUT2D eigenvalue weighted by Crippen LogP contribution is -2.44. The average Bonchev–Trinajstić information content (AvgIpc) is 3.71. The number of hydrogen-bond acceptors (Lipinski definition) is 6. The van der Waals surface area contributed by atoms with E-state index in [-0.39, 0.29) is 18.1 Å². The van der Waals surface area contributed by atoms with E-state index >= 15 is 0 Å². The molecule has 2 aromatic carbocycles. The molecule has 2 fully saturated rings. The Bertz CT molecular complexity index is 1330. The van der Waals surface area contributed by atoms with Crippen molar-refractivity contribution in [1.82, 2.24) is 15.3 Å². The molecule has 5 rings (SSSR count). The van der Waals surface area contributed by atoms with Crippen molar-refractivity contribution >= 4 is 39.9 Å². The van der Waals surface area contributed by atoms with Gasteiger partial charge in [0.15, 0.2) is 5.82 Å². The zero-order chi connectivity index (χ0) is 26.9. The second-order valence-corrected chi connectivity index (χ2v) is 12.3. The number of rotatable bonds is 7. The molecule has 0 spiro atoms. The fraction of sp³-hybridized carbons (Fsp3) is 0.393. The van der Waals surface area contributed by atoms with Crippen molar-refractivity contribution in [3.8, 4) is 11.4 Å². The van der Waals surface area contributed by atoms with E-state index in [9.17, 15) is 9.00 Å². The minimum Gasteiger partial charge on any atom is -0.377 e. The van der Waals surface area contributed by atoms with Crippen molar-refractivity contribution in [3.63, 3.8) is 0 Å². The average molecular weight is 554 g/mol. The summed E-state index contributed by atoms with van der Waals surface area (Å²) in [7, 11) is -1.29. The first-order chi connectivity index (χ1) is 18.2. The standard InChI is InChI=1S/C28H32ClN5O3S/c1-18(2)30-27(35)31-22-8-4-20(5-9-22)26-32-24(16-25(33-26)34-14-15-37-17-19(34)3)28(12-13-28)38(36)23-10-6-21(29)7-11-23/h4-11,16,18-19H,12-15,17H2,1-3H3,(H2,30,31,35)/t19-,38?/m0/s1. The SMILES string of the molecule is CC(C)NC(=O)Nc1ccc(-c2nc(N3CCOC[C@@H]3C)cc(C3(S(=O)c4ccc(Cl)cc4)CC3)n2)cc1. The van der Waals surface area contributed by atoms with Crippen LogP contribution in [0.1, 0.15) is 39.3 Å². The number of carbonyl (C=O) groups excluding carboxylic acids is 1. The Kier molecular flexibility index (Phi) is 7.70. The minimum absolute atomic E-state index is 0.0413. The summed E-state index contributed by atoms with van der Waals surface area (Å²) in [5.41, 5.74) is 2.27. The van der Waals surface area contributed by atoms with Crippen LogP contribution in [0.15, 0.2) is 59.5 Å². The van der Waals surface area contributed by atoms with Gasteiger partial charge in [-0.3, -0.25) is 4.21 Å². The van der Waals surface area contributed by atoms with Gasteiger partial charge in [-0.15, -0.1) is 0 Å². The molecule has 38 heavy (non-hydrogen) atoms. The largest absolute Gasteiger partial charge is 0.377 e. The molecule has 2 heterocycles. The Labute approximate surface area is 230 Å². The third-order valence-electron chi connectivity index (χ3n) is 6.75. The first kappa shape index (κ1) is 26.6. The van der Waals surface area contributed by atoms with Crippen LogP contribution in [0.5, 0.6) is 0 Å². The molecule has 1 unspecified atom stereocenters. The van der Waals surface area contributed by atoms with Gasteiger partial charge in [-0.05, 0) is 82.1 Å². The maximum absolute atomic E-state index is 13.8. The van der Waals surface area contributed by atoms with E-state index in [0.29, 0.717) is 29.7 Å². The molecule has 1 aliphatic heterocycles. The summed E-state index contributed by atoms with van der Waals surface area (Å²) in [6.07, 6.45) is 1.56. The van der Waals surface area contributed by atoms with Crippen molar-refractivity contribution in [2.24, 2.45) is 0 Å². The first-order valence-corrected chi connectivity index (χ1v) is 14.4. The fourth-order valence-electron chi connectivity index (χ4n) is 4.58. The van der Waals surface area contributed by atoms with Crippen LogP contribution in [-0.2, 0) is 20.3 Å². The van der Waals surface area contributed by atoms with Gasteiger partial charge in [0.25, 0.3) is 0 Å². The second kappa shape index (κ2) is 11.0. The smallest absolute Gasteiger partial charge is 0.319 e. The summed E-state index contributed by atoms with van der Waals surface area (Å²) in [6, 6.07) is 16.6. The number of halogens is 1. The van der Waals surface area contributed by atoms with E-state index in [2.05, 4.69) is 22.5 Å². The third kappa shape index (κ3) is 5.70. The van der Waals surface area contributed by atoms with Crippen molar-refractivity contribution < 1.29 is 13.7 Å². The Morgan fingerprint density at radius 3 is 2.47 bits per heavy atom. The molecule has 1 aromatic heterocycles. The number of benzene rings is 2. The van der Waals surface area contributed by atoms with Gasteiger partial charge in [0.2, 0.25) is 0 Å². The van der Waals surface area contributed by atoms with E-state index in [1.165, 1.54) is 0 Å². The molecule has 2 atom stereocenters. The Morgan fingerprint density at radius 2 is 1.84 bits per heavy atom. The predicted octanol–water partition coefficient (Wildman–Crippen LogP) is 5.35. The highest BCUT2D eigenvalue weighted by molar-refractivity contribution is 7.86. The van der Waals surface area contributed by atoms with Crippen molar-refractivity contribution in [2.75, 3.05) is 30.0 Å². The van der Waals surface area contributed by atoms with Crippen LogP contribution < -0.4 is 15.5 Å².